The number of fused-ring (bicyclic) bond motifs is 1. The topological polar surface area (TPSA) is 77.4 Å². The van der Waals surface area contributed by atoms with Gasteiger partial charge < -0.3 is 14.6 Å². The molecule has 2 aliphatic rings. The van der Waals surface area contributed by atoms with Crippen molar-refractivity contribution in [1.29, 1.82) is 0 Å². The minimum Gasteiger partial charge on any atom is -0.467 e. The smallest absolute Gasteiger partial charge is 0.328 e. The first kappa shape index (κ1) is 21.6. The highest BCUT2D eigenvalue weighted by Crippen LogP contribution is 2.27. The number of amides is 1. The van der Waals surface area contributed by atoms with Crippen molar-refractivity contribution < 1.29 is 14.3 Å². The molecule has 1 unspecified atom stereocenters. The van der Waals surface area contributed by atoms with Crippen molar-refractivity contribution in [3.8, 4) is 0 Å². The van der Waals surface area contributed by atoms with Gasteiger partial charge in [0.25, 0.3) is 11.5 Å². The van der Waals surface area contributed by atoms with E-state index in [-0.39, 0.29) is 17.0 Å². The Morgan fingerprint density at radius 1 is 1.14 bits per heavy atom. The van der Waals surface area contributed by atoms with E-state index in [1.807, 2.05) is 18.4 Å². The Morgan fingerprint density at radius 3 is 2.48 bits per heavy atom. The summed E-state index contributed by atoms with van der Waals surface area (Å²) in [4.78, 5) is 38.4. The van der Waals surface area contributed by atoms with E-state index in [2.05, 4.69) is 5.32 Å². The third kappa shape index (κ3) is 4.90. The fourth-order valence-electron chi connectivity index (χ4n) is 4.71. The molecule has 0 saturated heterocycles. The van der Waals surface area contributed by atoms with E-state index in [0.717, 1.165) is 49.8 Å². The molecule has 0 radical (unpaired) electrons. The molecule has 1 heterocycles. The molecule has 0 bridgehead atoms. The summed E-state index contributed by atoms with van der Waals surface area (Å²) in [6.07, 6.45) is 9.96. The molecule has 6 nitrogen and oxygen atoms in total. The number of nitrogens with one attached hydrogen (secondary N) is 1. The maximum Gasteiger partial charge on any atom is 0.328 e. The van der Waals surface area contributed by atoms with Gasteiger partial charge in [-0.25, -0.2) is 4.79 Å². The lowest BCUT2D eigenvalue weighted by atomic mass is 9.88. The van der Waals surface area contributed by atoms with E-state index in [1.54, 1.807) is 6.07 Å². The van der Waals surface area contributed by atoms with Gasteiger partial charge in [-0.2, -0.15) is 0 Å². The number of pyridine rings is 1. The van der Waals surface area contributed by atoms with Gasteiger partial charge in [-0.15, -0.1) is 0 Å². The summed E-state index contributed by atoms with van der Waals surface area (Å²) in [7, 11) is 1.31. The first-order valence-electron chi connectivity index (χ1n) is 11.1. The Balaban J connectivity index is 1.94. The van der Waals surface area contributed by atoms with E-state index in [4.69, 9.17) is 4.74 Å². The number of carbonyl (C=O) groups excluding carboxylic acids is 2. The zero-order valence-corrected chi connectivity index (χ0v) is 18.0. The number of rotatable bonds is 6. The van der Waals surface area contributed by atoms with E-state index < -0.39 is 17.9 Å². The molecule has 6 heteroatoms. The van der Waals surface area contributed by atoms with Crippen LogP contribution < -0.4 is 10.9 Å². The molecule has 1 aromatic rings. The highest BCUT2D eigenvalue weighted by Gasteiger charge is 2.28. The maximum atomic E-state index is 13.3. The number of carbonyl (C=O) groups is 2. The van der Waals surface area contributed by atoms with Gasteiger partial charge in [0.15, 0.2) is 0 Å². The first-order valence-corrected chi connectivity index (χ1v) is 11.1. The molecular weight excluding hydrogens is 368 g/mol. The van der Waals surface area contributed by atoms with E-state index in [9.17, 15) is 14.4 Å². The van der Waals surface area contributed by atoms with Crippen molar-refractivity contribution in [3.63, 3.8) is 0 Å². The lowest BCUT2D eigenvalue weighted by Crippen LogP contribution is -2.47. The third-order valence-electron chi connectivity index (χ3n) is 6.42. The number of esters is 1. The summed E-state index contributed by atoms with van der Waals surface area (Å²) in [5, 5.41) is 2.74. The van der Waals surface area contributed by atoms with Crippen molar-refractivity contribution in [2.45, 2.75) is 84.2 Å². The lowest BCUT2D eigenvalue weighted by Gasteiger charge is -2.27. The van der Waals surface area contributed by atoms with Crippen molar-refractivity contribution in [1.82, 2.24) is 9.88 Å². The summed E-state index contributed by atoms with van der Waals surface area (Å²) in [5.41, 5.74) is 2.14. The average molecular weight is 403 g/mol. The van der Waals surface area contributed by atoms with Crippen LogP contribution in [-0.4, -0.2) is 29.6 Å². The fraction of sp³-hybridized carbons (Fsp3) is 0.696. The van der Waals surface area contributed by atoms with Gasteiger partial charge in [-0.3, -0.25) is 9.59 Å². The molecule has 160 valence electrons. The normalized spacial score (nSPS) is 18.2. The number of hydrogen-bond donors (Lipinski definition) is 1. The number of methoxy groups -OCH3 is 1. The standard InChI is InChI=1S/C23H34N2O4/c1-15(2)20(23(28)29-3)24-21(26)18-13-17-11-7-8-12-19(17)25(22(18)27)14-16-9-5-4-6-10-16/h13,15-16,20H,4-12,14H2,1-3H3,(H,24,26). The van der Waals surface area contributed by atoms with Crippen molar-refractivity contribution in [3.05, 3.63) is 33.2 Å². The number of hydrogen-bond acceptors (Lipinski definition) is 4. The first-order chi connectivity index (χ1) is 13.9. The van der Waals surface area contributed by atoms with Crippen molar-refractivity contribution in [2.24, 2.45) is 11.8 Å². The highest BCUT2D eigenvalue weighted by molar-refractivity contribution is 5.96. The predicted octanol–water partition coefficient (Wildman–Crippen LogP) is 3.23. The molecular formula is C23H34N2O4. The summed E-state index contributed by atoms with van der Waals surface area (Å²) >= 11 is 0. The van der Waals surface area contributed by atoms with Gasteiger partial charge in [-0.1, -0.05) is 33.1 Å². The van der Waals surface area contributed by atoms with Crippen LogP contribution in [0.15, 0.2) is 10.9 Å². The van der Waals surface area contributed by atoms with Gasteiger partial charge in [0.05, 0.1) is 7.11 Å². The van der Waals surface area contributed by atoms with Gasteiger partial charge in [-0.05, 0) is 62.0 Å². The molecule has 1 amide bonds. The van der Waals surface area contributed by atoms with Crippen LogP contribution in [0.2, 0.25) is 0 Å². The summed E-state index contributed by atoms with van der Waals surface area (Å²) < 4.78 is 6.70. The van der Waals surface area contributed by atoms with Crippen LogP contribution in [0.25, 0.3) is 0 Å². The molecule has 2 aliphatic carbocycles. The molecule has 3 rings (SSSR count). The van der Waals surface area contributed by atoms with Gasteiger partial charge in [0, 0.05) is 12.2 Å². The van der Waals surface area contributed by atoms with Crippen LogP contribution >= 0.6 is 0 Å². The monoisotopic (exact) mass is 402 g/mol. The Hall–Kier alpha value is -2.11. The summed E-state index contributed by atoms with van der Waals surface area (Å²) in [5.74, 6) is -0.600. The van der Waals surface area contributed by atoms with Crippen LogP contribution in [0.5, 0.6) is 0 Å². The van der Waals surface area contributed by atoms with E-state index >= 15 is 0 Å². The summed E-state index contributed by atoms with van der Waals surface area (Å²) in [6, 6.07) is 0.993. The third-order valence-corrected chi connectivity index (χ3v) is 6.42. The van der Waals surface area contributed by atoms with Crippen molar-refractivity contribution in [2.75, 3.05) is 7.11 Å². The zero-order valence-electron chi connectivity index (χ0n) is 18.0. The van der Waals surface area contributed by atoms with Crippen LogP contribution in [0.1, 0.15) is 80.4 Å². The number of ether oxygens (including phenoxy) is 1. The van der Waals surface area contributed by atoms with Crippen LogP contribution in [-0.2, 0) is 28.9 Å². The van der Waals surface area contributed by atoms with E-state index in [1.165, 1.54) is 26.4 Å². The Labute approximate surface area is 173 Å². The molecule has 0 spiro atoms. The second kappa shape index (κ2) is 9.59. The Morgan fingerprint density at radius 2 is 1.83 bits per heavy atom. The molecule has 0 aromatic carbocycles. The molecule has 1 N–H and O–H groups in total. The average Bonchev–Trinajstić information content (AvgIpc) is 2.73. The van der Waals surface area contributed by atoms with Gasteiger partial charge in [0.1, 0.15) is 11.6 Å². The molecule has 0 aliphatic heterocycles. The van der Waals surface area contributed by atoms with Gasteiger partial charge >= 0.3 is 5.97 Å². The second-order valence-electron chi connectivity index (χ2n) is 8.88. The van der Waals surface area contributed by atoms with E-state index in [0.29, 0.717) is 12.5 Å². The Kier molecular flexibility index (Phi) is 7.14. The number of aryl methyl sites for hydroxylation is 1. The predicted molar refractivity (Wildman–Crippen MR) is 112 cm³/mol. The SMILES string of the molecule is COC(=O)C(NC(=O)c1cc2c(n(CC3CCCCC3)c1=O)CCCC2)C(C)C. The maximum absolute atomic E-state index is 13.3. The second-order valence-corrected chi connectivity index (χ2v) is 8.88. The minimum absolute atomic E-state index is 0.131. The number of aromatic nitrogens is 1. The van der Waals surface area contributed by atoms with Gasteiger partial charge in [0.2, 0.25) is 0 Å². The highest BCUT2D eigenvalue weighted by atomic mass is 16.5. The molecule has 1 atom stereocenters. The van der Waals surface area contributed by atoms with Crippen LogP contribution in [0, 0.1) is 11.8 Å². The summed E-state index contributed by atoms with van der Waals surface area (Å²) in [6.45, 7) is 4.39. The van der Waals surface area contributed by atoms with Crippen LogP contribution in [0.4, 0.5) is 0 Å². The Bertz CT molecular complexity index is 806. The minimum atomic E-state index is -0.769. The molecule has 1 fully saturated rings. The fourth-order valence-corrected chi connectivity index (χ4v) is 4.71. The van der Waals surface area contributed by atoms with Crippen molar-refractivity contribution >= 4 is 11.9 Å². The molecule has 1 aromatic heterocycles. The number of nitrogens with zero attached hydrogens (tertiary/aromatic N) is 1. The largest absolute Gasteiger partial charge is 0.467 e. The quantitative estimate of drug-likeness (QED) is 0.741. The zero-order chi connectivity index (χ0) is 21.0. The lowest BCUT2D eigenvalue weighted by molar-refractivity contribution is -0.144. The van der Waals surface area contributed by atoms with Crippen LogP contribution in [0.3, 0.4) is 0 Å². The molecule has 29 heavy (non-hydrogen) atoms. The molecule has 1 saturated carbocycles.